The van der Waals surface area contributed by atoms with Gasteiger partial charge in [0, 0.05) is 0 Å². The van der Waals surface area contributed by atoms with Crippen molar-refractivity contribution < 1.29 is 17.9 Å². The van der Waals surface area contributed by atoms with Crippen LogP contribution >= 0.6 is 0 Å². The molecule has 0 atom stereocenters. The van der Waals surface area contributed by atoms with Gasteiger partial charge in [-0.05, 0) is 0 Å². The van der Waals surface area contributed by atoms with E-state index >= 15 is 0 Å². The van der Waals surface area contributed by atoms with Crippen molar-refractivity contribution in [1.82, 2.24) is 29.5 Å². The zero-order chi connectivity index (χ0) is 26.6. The first-order chi connectivity index (χ1) is 18.2. The summed E-state index contributed by atoms with van der Waals surface area (Å²) in [5.74, 6) is 2.67. The van der Waals surface area contributed by atoms with Gasteiger partial charge in [-0.1, -0.05) is 0 Å². The molecule has 0 radical (unpaired) electrons. The predicted octanol–water partition coefficient (Wildman–Crippen LogP) is 4.90. The number of ether oxygens (including phenoxy) is 1. The number of hydrogen-bond acceptors (Lipinski definition) is 7. The van der Waals surface area contributed by atoms with E-state index in [4.69, 9.17) is 9.72 Å². The molecule has 1 fully saturated rings. The summed E-state index contributed by atoms with van der Waals surface area (Å²) in [5.41, 5.74) is 1.90. The molecule has 2 aliphatic rings. The van der Waals surface area contributed by atoms with E-state index in [0.29, 0.717) is 30.0 Å². The summed E-state index contributed by atoms with van der Waals surface area (Å²) in [6, 6.07) is 3.79. The third-order valence-corrected chi connectivity index (χ3v) is 9.06. The maximum absolute atomic E-state index is 13.4. The monoisotopic (exact) mass is 589 g/mol. The van der Waals surface area contributed by atoms with Crippen LogP contribution in [-0.2, 0) is 19.1 Å². The van der Waals surface area contributed by atoms with E-state index in [1.54, 1.807) is 11.7 Å². The van der Waals surface area contributed by atoms with Crippen LogP contribution in [-0.4, -0.2) is 57.6 Å². The first-order valence-electron chi connectivity index (χ1n) is 12.5. The summed E-state index contributed by atoms with van der Waals surface area (Å²) in [6.07, 6.45) is 3.03. The zero-order valence-corrected chi connectivity index (χ0v) is 22.9. The summed E-state index contributed by atoms with van der Waals surface area (Å²) in [6.45, 7) is 5.17. The molecule has 38 heavy (non-hydrogen) atoms. The number of imidazole rings is 1. The number of anilines is 1. The van der Waals surface area contributed by atoms with E-state index in [-0.39, 0.29) is 20.5 Å². The molecular weight excluding hydrogens is 562 g/mol. The summed E-state index contributed by atoms with van der Waals surface area (Å²) < 4.78 is 49.2. The van der Waals surface area contributed by atoms with Gasteiger partial charge in [-0.15, -0.1) is 0 Å². The molecule has 5 heterocycles. The van der Waals surface area contributed by atoms with E-state index in [2.05, 4.69) is 24.8 Å². The maximum atomic E-state index is 13.4. The molecule has 198 valence electrons. The second-order valence-electron chi connectivity index (χ2n) is 9.85. The first-order valence-corrected chi connectivity index (χ1v) is 14.2. The van der Waals surface area contributed by atoms with Crippen LogP contribution in [0.4, 0.5) is 19.0 Å². The van der Waals surface area contributed by atoms with Crippen LogP contribution < -0.4 is 9.64 Å². The van der Waals surface area contributed by atoms with Gasteiger partial charge in [0.15, 0.2) is 0 Å². The van der Waals surface area contributed by atoms with Gasteiger partial charge in [-0.3, -0.25) is 0 Å². The average Bonchev–Trinajstić information content (AvgIpc) is 3.27. The van der Waals surface area contributed by atoms with Crippen molar-refractivity contribution in [3.05, 3.63) is 52.2 Å². The third kappa shape index (κ3) is 4.60. The predicted molar refractivity (Wildman–Crippen MR) is 136 cm³/mol. The normalized spacial score (nSPS) is 15.4. The Labute approximate surface area is 223 Å². The molecule has 4 aromatic heterocycles. The van der Waals surface area contributed by atoms with Gasteiger partial charge in [0.2, 0.25) is 0 Å². The first kappa shape index (κ1) is 25.1. The molecule has 1 aliphatic carbocycles. The fourth-order valence-electron chi connectivity index (χ4n) is 4.77. The molecule has 0 saturated heterocycles. The fraction of sp³-hybridized carbons (Fsp3) is 0.423. The van der Waals surface area contributed by atoms with Crippen LogP contribution in [0.25, 0.3) is 21.6 Å². The van der Waals surface area contributed by atoms with E-state index in [9.17, 15) is 13.2 Å². The fourth-order valence-corrected chi connectivity index (χ4v) is 6.91. The molecule has 12 heteroatoms. The van der Waals surface area contributed by atoms with Crippen molar-refractivity contribution >= 4 is 20.3 Å². The number of halogens is 3. The number of hydrogen-bond donors (Lipinski definition) is 0. The number of nitrogens with zero attached hydrogens (tertiary/aromatic N) is 7. The van der Waals surface area contributed by atoms with E-state index in [0.717, 1.165) is 63.5 Å². The van der Waals surface area contributed by atoms with Gasteiger partial charge in [-0.2, -0.15) is 0 Å². The Morgan fingerprint density at radius 3 is 2.66 bits per heavy atom. The molecule has 0 spiro atoms. The number of methoxy groups -OCH3 is 1. The quantitative estimate of drug-likeness (QED) is 0.284. The standard InChI is InChI=1S/C26H26F3N7OSe/c1-14(2)36-12-19(26(27,28)29)33-24(36)18-7-6-17(38-18)11-35-9-8-16-10-30-22(34-23(16)35)20-21(15-4-5-15)31-13-32-25(20)37-3/h6-7,10,12-15H,4-5,8-9,11H2,1-3H3. The SMILES string of the molecule is COc1ncnc(C2CC2)c1-c1ncc2c(n1)N(Cc1ccc(-c3nc(C(F)(F)F)cn3C(C)C)[se]1)CC2. The minimum absolute atomic E-state index is 0.130. The van der Waals surface area contributed by atoms with Crippen LogP contribution in [0.15, 0.2) is 30.9 Å². The van der Waals surface area contributed by atoms with Crippen molar-refractivity contribution in [1.29, 1.82) is 0 Å². The van der Waals surface area contributed by atoms with Crippen LogP contribution in [0.3, 0.4) is 0 Å². The molecule has 0 aromatic carbocycles. The van der Waals surface area contributed by atoms with Gasteiger partial charge < -0.3 is 0 Å². The van der Waals surface area contributed by atoms with Crippen molar-refractivity contribution in [3.63, 3.8) is 0 Å². The Balaban J connectivity index is 1.29. The molecule has 0 amide bonds. The molecule has 1 aliphatic heterocycles. The van der Waals surface area contributed by atoms with E-state index < -0.39 is 11.9 Å². The van der Waals surface area contributed by atoms with Crippen molar-refractivity contribution in [2.75, 3.05) is 18.6 Å². The Kier molecular flexibility index (Phi) is 6.26. The molecule has 0 N–H and O–H groups in total. The number of fused-ring (bicyclic) bond motifs is 1. The van der Waals surface area contributed by atoms with Crippen LogP contribution in [0.1, 0.15) is 60.0 Å². The number of aromatic nitrogens is 6. The molecular formula is C26H26F3N7OSe. The third-order valence-electron chi connectivity index (χ3n) is 6.82. The molecule has 6 rings (SSSR count). The zero-order valence-electron chi connectivity index (χ0n) is 21.2. The van der Waals surface area contributed by atoms with Gasteiger partial charge >= 0.3 is 224 Å². The molecule has 1 saturated carbocycles. The van der Waals surface area contributed by atoms with Gasteiger partial charge in [0.1, 0.15) is 0 Å². The van der Waals surface area contributed by atoms with Crippen LogP contribution in [0, 0.1) is 0 Å². The van der Waals surface area contributed by atoms with E-state index in [1.807, 2.05) is 32.2 Å². The van der Waals surface area contributed by atoms with Crippen LogP contribution in [0.5, 0.6) is 5.88 Å². The van der Waals surface area contributed by atoms with Crippen molar-refractivity contribution in [3.8, 4) is 27.5 Å². The Morgan fingerprint density at radius 1 is 1.13 bits per heavy atom. The summed E-state index contributed by atoms with van der Waals surface area (Å²) >= 11 is -0.144. The molecule has 0 bridgehead atoms. The Morgan fingerprint density at radius 2 is 1.95 bits per heavy atom. The summed E-state index contributed by atoms with van der Waals surface area (Å²) in [5, 5.41) is 0. The average molecular weight is 588 g/mol. The van der Waals surface area contributed by atoms with Gasteiger partial charge in [0.25, 0.3) is 0 Å². The summed E-state index contributed by atoms with van der Waals surface area (Å²) in [7, 11) is 1.59. The second-order valence-corrected chi connectivity index (χ2v) is 12.3. The van der Waals surface area contributed by atoms with Gasteiger partial charge in [-0.25, -0.2) is 0 Å². The Bertz CT molecular complexity index is 1490. The van der Waals surface area contributed by atoms with Crippen molar-refractivity contribution in [2.45, 2.75) is 57.8 Å². The Hall–Kier alpha value is -3.24. The summed E-state index contributed by atoms with van der Waals surface area (Å²) in [4.78, 5) is 24.6. The molecule has 4 aromatic rings. The minimum atomic E-state index is -4.47. The molecule has 8 nitrogen and oxygen atoms in total. The van der Waals surface area contributed by atoms with E-state index in [1.165, 1.54) is 6.33 Å². The topological polar surface area (TPSA) is 81.8 Å². The van der Waals surface area contributed by atoms with Crippen LogP contribution in [0.2, 0.25) is 0 Å². The van der Waals surface area contributed by atoms with Crippen molar-refractivity contribution in [2.24, 2.45) is 0 Å². The number of rotatable bonds is 7. The second kappa shape index (κ2) is 9.50. The molecule has 0 unspecified atom stereocenters. The number of alkyl halides is 3. The van der Waals surface area contributed by atoms with Gasteiger partial charge in [0.05, 0.1) is 0 Å².